The zero-order chi connectivity index (χ0) is 22.1. The number of ether oxygens (including phenoxy) is 1. The van der Waals surface area contributed by atoms with Crippen molar-refractivity contribution in [2.75, 3.05) is 26.3 Å². The lowest BCUT2D eigenvalue weighted by molar-refractivity contribution is 0.0386. The Morgan fingerprint density at radius 2 is 2.00 bits per heavy atom. The fourth-order valence-electron chi connectivity index (χ4n) is 4.87. The number of benzene rings is 1. The van der Waals surface area contributed by atoms with Crippen LogP contribution in [0.15, 0.2) is 42.6 Å². The van der Waals surface area contributed by atoms with Crippen LogP contribution in [0.1, 0.15) is 55.3 Å². The molecular formula is C27H36N2OS. The quantitative estimate of drug-likeness (QED) is 0.402. The Balaban J connectivity index is 1.50. The number of nitrogens with zero attached hydrogens (tertiary/aromatic N) is 2. The molecule has 1 aliphatic heterocycles. The number of aryl methyl sites for hydroxylation is 3. The molecule has 0 radical (unpaired) electrons. The SMILES string of the molecule is CCOCC1(CCc2cc3cc(C)ccc3s2)CCN(C(C)(C)c2ccc(C)nc2)C1. The monoisotopic (exact) mass is 436 g/mol. The van der Waals surface area contributed by atoms with Crippen molar-refractivity contribution in [2.24, 2.45) is 5.41 Å². The Morgan fingerprint density at radius 3 is 2.74 bits per heavy atom. The number of rotatable bonds is 8. The molecule has 0 bridgehead atoms. The van der Waals surface area contributed by atoms with Crippen molar-refractivity contribution < 1.29 is 4.74 Å². The molecule has 1 fully saturated rings. The average Bonchev–Trinajstić information content (AvgIpc) is 3.36. The van der Waals surface area contributed by atoms with E-state index in [0.717, 1.165) is 38.4 Å². The van der Waals surface area contributed by atoms with Gasteiger partial charge in [-0.15, -0.1) is 11.3 Å². The molecule has 1 aromatic carbocycles. The minimum atomic E-state index is -0.0240. The minimum absolute atomic E-state index is 0.0240. The van der Waals surface area contributed by atoms with Crippen LogP contribution < -0.4 is 0 Å². The number of pyridine rings is 1. The Kier molecular flexibility index (Phi) is 6.52. The molecule has 166 valence electrons. The molecule has 0 saturated carbocycles. The van der Waals surface area contributed by atoms with E-state index in [-0.39, 0.29) is 11.0 Å². The summed E-state index contributed by atoms with van der Waals surface area (Å²) in [5.74, 6) is 0. The minimum Gasteiger partial charge on any atom is -0.381 e. The van der Waals surface area contributed by atoms with Crippen molar-refractivity contribution in [1.29, 1.82) is 0 Å². The molecule has 31 heavy (non-hydrogen) atoms. The Hall–Kier alpha value is -1.75. The maximum Gasteiger partial charge on any atom is 0.0535 e. The summed E-state index contributed by atoms with van der Waals surface area (Å²) >= 11 is 1.95. The number of aromatic nitrogens is 1. The third-order valence-corrected chi connectivity index (χ3v) is 8.26. The summed E-state index contributed by atoms with van der Waals surface area (Å²) in [6.45, 7) is 14.8. The van der Waals surface area contributed by atoms with Crippen LogP contribution in [-0.4, -0.2) is 36.2 Å². The predicted molar refractivity (Wildman–Crippen MR) is 132 cm³/mol. The van der Waals surface area contributed by atoms with E-state index in [1.165, 1.54) is 38.9 Å². The summed E-state index contributed by atoms with van der Waals surface area (Å²) in [6.07, 6.45) is 5.56. The van der Waals surface area contributed by atoms with Gasteiger partial charge in [-0.3, -0.25) is 9.88 Å². The van der Waals surface area contributed by atoms with Crippen molar-refractivity contribution in [3.8, 4) is 0 Å². The summed E-state index contributed by atoms with van der Waals surface area (Å²) < 4.78 is 7.43. The average molecular weight is 437 g/mol. The summed E-state index contributed by atoms with van der Waals surface area (Å²) in [5, 5.41) is 1.39. The van der Waals surface area contributed by atoms with E-state index < -0.39 is 0 Å². The summed E-state index contributed by atoms with van der Waals surface area (Å²) in [5.41, 5.74) is 3.90. The van der Waals surface area contributed by atoms with Crippen molar-refractivity contribution in [1.82, 2.24) is 9.88 Å². The van der Waals surface area contributed by atoms with Gasteiger partial charge in [0.2, 0.25) is 0 Å². The van der Waals surface area contributed by atoms with E-state index in [2.05, 4.69) is 87.1 Å². The van der Waals surface area contributed by atoms with Gasteiger partial charge in [-0.1, -0.05) is 23.8 Å². The van der Waals surface area contributed by atoms with Gasteiger partial charge in [0.15, 0.2) is 0 Å². The lowest BCUT2D eigenvalue weighted by Crippen LogP contribution is -2.42. The first-order chi connectivity index (χ1) is 14.8. The topological polar surface area (TPSA) is 25.4 Å². The molecule has 3 heterocycles. The zero-order valence-corrected chi connectivity index (χ0v) is 20.5. The highest BCUT2D eigenvalue weighted by Gasteiger charge is 2.43. The number of hydrogen-bond acceptors (Lipinski definition) is 4. The van der Waals surface area contributed by atoms with E-state index in [1.807, 2.05) is 11.3 Å². The van der Waals surface area contributed by atoms with Crippen LogP contribution in [0.2, 0.25) is 0 Å². The van der Waals surface area contributed by atoms with Crippen molar-refractivity contribution in [3.63, 3.8) is 0 Å². The number of hydrogen-bond donors (Lipinski definition) is 0. The van der Waals surface area contributed by atoms with E-state index in [0.29, 0.717) is 0 Å². The molecule has 4 rings (SSSR count). The zero-order valence-electron chi connectivity index (χ0n) is 19.7. The van der Waals surface area contributed by atoms with E-state index in [9.17, 15) is 0 Å². The van der Waals surface area contributed by atoms with Gasteiger partial charge in [-0.25, -0.2) is 0 Å². The largest absolute Gasteiger partial charge is 0.381 e. The first kappa shape index (κ1) is 22.4. The molecule has 0 aliphatic carbocycles. The third kappa shape index (κ3) is 4.87. The molecule has 3 nitrogen and oxygen atoms in total. The third-order valence-electron chi connectivity index (χ3n) is 7.08. The first-order valence-electron chi connectivity index (χ1n) is 11.6. The fourth-order valence-corrected chi connectivity index (χ4v) is 5.91. The number of fused-ring (bicyclic) bond motifs is 1. The molecule has 1 saturated heterocycles. The van der Waals surface area contributed by atoms with Gasteiger partial charge in [-0.05, 0) is 89.6 Å². The number of thiophene rings is 1. The highest BCUT2D eigenvalue weighted by molar-refractivity contribution is 7.19. The van der Waals surface area contributed by atoms with Gasteiger partial charge in [-0.2, -0.15) is 0 Å². The maximum atomic E-state index is 6.03. The van der Waals surface area contributed by atoms with Gasteiger partial charge in [0, 0.05) is 45.6 Å². The normalized spacial score (nSPS) is 20.0. The Bertz CT molecular complexity index is 1020. The Morgan fingerprint density at radius 1 is 1.16 bits per heavy atom. The summed E-state index contributed by atoms with van der Waals surface area (Å²) in [4.78, 5) is 8.70. The predicted octanol–water partition coefficient (Wildman–Crippen LogP) is 6.51. The second-order valence-corrected chi connectivity index (χ2v) is 11.0. The summed E-state index contributed by atoms with van der Waals surface area (Å²) in [6, 6.07) is 13.6. The molecule has 2 aromatic heterocycles. The smallest absolute Gasteiger partial charge is 0.0535 e. The number of likely N-dealkylation sites (tertiary alicyclic amines) is 1. The lowest BCUT2D eigenvalue weighted by atomic mass is 9.82. The van der Waals surface area contributed by atoms with E-state index in [4.69, 9.17) is 4.74 Å². The van der Waals surface area contributed by atoms with Crippen molar-refractivity contribution >= 4 is 21.4 Å². The van der Waals surface area contributed by atoms with E-state index in [1.54, 1.807) is 0 Å². The van der Waals surface area contributed by atoms with Crippen LogP contribution in [-0.2, 0) is 16.7 Å². The first-order valence-corrected chi connectivity index (χ1v) is 12.4. The molecule has 1 unspecified atom stereocenters. The highest BCUT2D eigenvalue weighted by Crippen LogP contribution is 2.42. The molecular weight excluding hydrogens is 400 g/mol. The maximum absolute atomic E-state index is 6.03. The standard InChI is InChI=1S/C27H36N2OS/c1-6-30-19-27(12-11-24-16-22-15-20(2)7-10-25(22)31-24)13-14-29(18-27)26(4,5)23-9-8-21(3)28-17-23/h7-10,15-17H,6,11-14,18-19H2,1-5H3. The van der Waals surface area contributed by atoms with Crippen molar-refractivity contribution in [3.05, 3.63) is 64.3 Å². The molecule has 3 aromatic rings. The van der Waals surface area contributed by atoms with E-state index >= 15 is 0 Å². The van der Waals surface area contributed by atoms with Crippen molar-refractivity contribution in [2.45, 2.75) is 59.4 Å². The van der Waals surface area contributed by atoms with Crippen LogP contribution in [0.4, 0.5) is 0 Å². The molecule has 1 atom stereocenters. The van der Waals surface area contributed by atoms with Crippen LogP contribution in [0.5, 0.6) is 0 Å². The molecule has 1 aliphatic rings. The van der Waals surface area contributed by atoms with Crippen LogP contribution in [0, 0.1) is 19.3 Å². The fraction of sp³-hybridized carbons (Fsp3) is 0.519. The Labute approximate surface area is 191 Å². The molecule has 0 spiro atoms. The second-order valence-electron chi connectivity index (χ2n) is 9.81. The van der Waals surface area contributed by atoms with Gasteiger partial charge in [0.25, 0.3) is 0 Å². The highest BCUT2D eigenvalue weighted by atomic mass is 32.1. The van der Waals surface area contributed by atoms with Gasteiger partial charge in [0.05, 0.1) is 6.61 Å². The van der Waals surface area contributed by atoms with Crippen LogP contribution >= 0.6 is 11.3 Å². The lowest BCUT2D eigenvalue weighted by Gasteiger charge is -2.38. The van der Waals surface area contributed by atoms with Gasteiger partial charge in [0.1, 0.15) is 0 Å². The molecule has 0 amide bonds. The van der Waals surface area contributed by atoms with Crippen LogP contribution in [0.25, 0.3) is 10.1 Å². The molecule has 4 heteroatoms. The second kappa shape index (κ2) is 9.01. The van der Waals surface area contributed by atoms with Gasteiger partial charge >= 0.3 is 0 Å². The molecule has 0 N–H and O–H groups in total. The van der Waals surface area contributed by atoms with Crippen LogP contribution in [0.3, 0.4) is 0 Å². The van der Waals surface area contributed by atoms with Gasteiger partial charge < -0.3 is 4.74 Å². The summed E-state index contributed by atoms with van der Waals surface area (Å²) in [7, 11) is 0.